The summed E-state index contributed by atoms with van der Waals surface area (Å²) in [7, 11) is 0. The van der Waals surface area contributed by atoms with Gasteiger partial charge in [-0.25, -0.2) is 9.97 Å². The van der Waals surface area contributed by atoms with E-state index in [1.807, 2.05) is 6.92 Å². The van der Waals surface area contributed by atoms with Crippen molar-refractivity contribution >= 4 is 11.6 Å². The van der Waals surface area contributed by atoms with Gasteiger partial charge in [-0.15, -0.1) is 0 Å². The Morgan fingerprint density at radius 3 is 2.56 bits per heavy atom. The van der Waals surface area contributed by atoms with Crippen molar-refractivity contribution < 1.29 is 0 Å². The summed E-state index contributed by atoms with van der Waals surface area (Å²) in [6.07, 6.45) is 6.45. The normalized spacial score (nSPS) is 15.6. The second-order valence-electron chi connectivity index (χ2n) is 7.19. The molecule has 0 radical (unpaired) electrons. The number of rotatable bonds is 4. The molecule has 130 valence electrons. The van der Waals surface area contributed by atoms with Crippen LogP contribution in [0.3, 0.4) is 0 Å². The van der Waals surface area contributed by atoms with E-state index in [0.717, 1.165) is 23.8 Å². The topological polar surface area (TPSA) is 42.2 Å². The summed E-state index contributed by atoms with van der Waals surface area (Å²) >= 11 is 0. The van der Waals surface area contributed by atoms with E-state index in [1.54, 1.807) is 0 Å². The highest BCUT2D eigenvalue weighted by atomic mass is 15.2. The zero-order valence-corrected chi connectivity index (χ0v) is 15.1. The van der Waals surface area contributed by atoms with Crippen molar-refractivity contribution in [2.75, 3.05) is 5.32 Å². The molecule has 0 saturated heterocycles. The third-order valence-corrected chi connectivity index (χ3v) is 5.23. The Balaban J connectivity index is 1.75. The van der Waals surface area contributed by atoms with Crippen LogP contribution in [0.5, 0.6) is 0 Å². The van der Waals surface area contributed by atoms with Gasteiger partial charge in [-0.1, -0.05) is 49.6 Å². The molecule has 0 atom stereocenters. The number of nitrogens with one attached hydrogen (secondary N) is 1. The lowest BCUT2D eigenvalue weighted by Crippen LogP contribution is -2.10. The van der Waals surface area contributed by atoms with E-state index in [2.05, 4.69) is 58.0 Å². The fourth-order valence-electron chi connectivity index (χ4n) is 4.00. The van der Waals surface area contributed by atoms with E-state index in [9.17, 15) is 0 Å². The van der Waals surface area contributed by atoms with Crippen molar-refractivity contribution in [1.29, 1.82) is 0 Å². The number of anilines is 1. The molecule has 0 aliphatic heterocycles. The van der Waals surface area contributed by atoms with E-state index in [4.69, 9.17) is 4.98 Å². The molecule has 4 rings (SSSR count). The molecule has 2 aromatic heterocycles. The molecule has 25 heavy (non-hydrogen) atoms. The number of hydrogen-bond donors (Lipinski definition) is 1. The van der Waals surface area contributed by atoms with Crippen molar-refractivity contribution in [2.45, 2.75) is 58.4 Å². The van der Waals surface area contributed by atoms with E-state index in [1.165, 1.54) is 49.1 Å². The Kier molecular flexibility index (Phi) is 4.43. The SMILES string of the molecule is Cc1cc(C)n2c(NCc3ccccc3)c(C3CCCCC3)nc2n1. The molecule has 1 saturated carbocycles. The highest BCUT2D eigenvalue weighted by molar-refractivity contribution is 5.55. The second-order valence-corrected chi connectivity index (χ2v) is 7.19. The maximum atomic E-state index is 4.96. The Hall–Kier alpha value is -2.36. The molecular weight excluding hydrogens is 308 g/mol. The first kappa shape index (κ1) is 16.1. The first-order valence-electron chi connectivity index (χ1n) is 9.37. The number of aryl methyl sites for hydroxylation is 2. The Labute approximate surface area is 149 Å². The van der Waals surface area contributed by atoms with E-state index in [-0.39, 0.29) is 0 Å². The average molecular weight is 334 g/mol. The van der Waals surface area contributed by atoms with E-state index < -0.39 is 0 Å². The highest BCUT2D eigenvalue weighted by Gasteiger charge is 2.24. The highest BCUT2D eigenvalue weighted by Crippen LogP contribution is 2.36. The molecule has 0 bridgehead atoms. The zero-order chi connectivity index (χ0) is 17.2. The minimum atomic E-state index is 0.549. The van der Waals surface area contributed by atoms with Gasteiger partial charge in [-0.05, 0) is 38.3 Å². The van der Waals surface area contributed by atoms with Gasteiger partial charge >= 0.3 is 0 Å². The van der Waals surface area contributed by atoms with Crippen LogP contribution < -0.4 is 5.32 Å². The first-order valence-corrected chi connectivity index (χ1v) is 9.37. The van der Waals surface area contributed by atoms with Crippen molar-refractivity contribution in [3.63, 3.8) is 0 Å². The summed E-state index contributed by atoms with van der Waals surface area (Å²) in [5, 5.41) is 3.67. The lowest BCUT2D eigenvalue weighted by atomic mass is 9.87. The number of fused-ring (bicyclic) bond motifs is 1. The minimum absolute atomic E-state index is 0.549. The van der Waals surface area contributed by atoms with Gasteiger partial charge in [0.05, 0.1) is 5.69 Å². The third-order valence-electron chi connectivity index (χ3n) is 5.23. The summed E-state index contributed by atoms with van der Waals surface area (Å²) < 4.78 is 2.19. The van der Waals surface area contributed by atoms with Gasteiger partial charge in [0.25, 0.3) is 0 Å². The first-order chi connectivity index (χ1) is 12.2. The van der Waals surface area contributed by atoms with Crippen LogP contribution in [-0.2, 0) is 6.54 Å². The van der Waals surface area contributed by atoms with Crippen molar-refractivity contribution in [3.05, 3.63) is 59.0 Å². The van der Waals surface area contributed by atoms with Gasteiger partial charge in [0.2, 0.25) is 5.78 Å². The predicted octanol–water partition coefficient (Wildman–Crippen LogP) is 5.01. The Morgan fingerprint density at radius 2 is 1.80 bits per heavy atom. The van der Waals surface area contributed by atoms with Crippen LogP contribution in [0.25, 0.3) is 5.78 Å². The minimum Gasteiger partial charge on any atom is -0.365 e. The number of nitrogens with zero attached hydrogens (tertiary/aromatic N) is 3. The van der Waals surface area contributed by atoms with Crippen molar-refractivity contribution in [1.82, 2.24) is 14.4 Å². The molecule has 1 aliphatic carbocycles. The molecule has 1 N–H and O–H groups in total. The standard InChI is InChI=1S/C21H26N4/c1-15-13-16(2)25-20(22-14-17-9-5-3-6-10-17)19(24-21(25)23-15)18-11-7-4-8-12-18/h3,5-6,9-10,13,18,22H,4,7-8,11-12,14H2,1-2H3. The summed E-state index contributed by atoms with van der Waals surface area (Å²) in [5.74, 6) is 2.51. The van der Waals surface area contributed by atoms with E-state index >= 15 is 0 Å². The number of benzene rings is 1. The van der Waals surface area contributed by atoms with E-state index in [0.29, 0.717) is 5.92 Å². The van der Waals surface area contributed by atoms with Crippen LogP contribution in [0.15, 0.2) is 36.4 Å². The van der Waals surface area contributed by atoms with Gasteiger partial charge in [0.1, 0.15) is 5.82 Å². The summed E-state index contributed by atoms with van der Waals surface area (Å²) in [4.78, 5) is 9.64. The number of aromatic nitrogens is 3. The molecular formula is C21H26N4. The van der Waals surface area contributed by atoms with Crippen molar-refractivity contribution in [2.24, 2.45) is 0 Å². The largest absolute Gasteiger partial charge is 0.365 e. The molecule has 4 nitrogen and oxygen atoms in total. The van der Waals surface area contributed by atoms with Crippen LogP contribution in [-0.4, -0.2) is 14.4 Å². The monoisotopic (exact) mass is 334 g/mol. The maximum absolute atomic E-state index is 4.96. The quantitative estimate of drug-likeness (QED) is 0.729. The number of imidazole rings is 1. The molecule has 0 amide bonds. The van der Waals surface area contributed by atoms with Crippen LogP contribution in [0.4, 0.5) is 5.82 Å². The van der Waals surface area contributed by atoms with Gasteiger partial charge in [-0.3, -0.25) is 4.40 Å². The third kappa shape index (κ3) is 3.26. The van der Waals surface area contributed by atoms with Gasteiger partial charge in [0.15, 0.2) is 0 Å². The van der Waals surface area contributed by atoms with Crippen LogP contribution in [0.2, 0.25) is 0 Å². The van der Waals surface area contributed by atoms with Crippen LogP contribution in [0.1, 0.15) is 60.7 Å². The molecule has 1 aliphatic rings. The van der Waals surface area contributed by atoms with Gasteiger partial charge in [0, 0.05) is 23.9 Å². The van der Waals surface area contributed by atoms with Crippen LogP contribution in [0, 0.1) is 13.8 Å². The molecule has 3 aromatic rings. The average Bonchev–Trinajstić information content (AvgIpc) is 3.00. The molecule has 0 spiro atoms. The predicted molar refractivity (Wildman–Crippen MR) is 102 cm³/mol. The summed E-state index contributed by atoms with van der Waals surface area (Å²) in [6, 6.07) is 12.7. The lowest BCUT2D eigenvalue weighted by Gasteiger charge is -2.21. The lowest BCUT2D eigenvalue weighted by molar-refractivity contribution is 0.438. The number of hydrogen-bond acceptors (Lipinski definition) is 3. The Morgan fingerprint density at radius 1 is 1.04 bits per heavy atom. The van der Waals surface area contributed by atoms with Gasteiger partial charge < -0.3 is 5.32 Å². The molecule has 4 heteroatoms. The summed E-state index contributed by atoms with van der Waals surface area (Å²) in [6.45, 7) is 4.99. The maximum Gasteiger partial charge on any atom is 0.236 e. The smallest absolute Gasteiger partial charge is 0.236 e. The molecule has 0 unspecified atom stereocenters. The second kappa shape index (κ2) is 6.87. The zero-order valence-electron chi connectivity index (χ0n) is 15.1. The fourth-order valence-corrected chi connectivity index (χ4v) is 4.00. The van der Waals surface area contributed by atoms with Crippen LogP contribution >= 0.6 is 0 Å². The summed E-state index contributed by atoms with van der Waals surface area (Å²) in [5.41, 5.74) is 4.70. The molecule has 2 heterocycles. The molecule has 1 aromatic carbocycles. The van der Waals surface area contributed by atoms with Crippen molar-refractivity contribution in [3.8, 4) is 0 Å². The fraction of sp³-hybridized carbons (Fsp3) is 0.429. The molecule has 1 fully saturated rings. The Bertz CT molecular complexity index is 860. The van der Waals surface area contributed by atoms with Gasteiger partial charge in [-0.2, -0.15) is 0 Å².